The Bertz CT molecular complexity index is 2240. The second kappa shape index (κ2) is 19.3. The third-order valence-electron chi connectivity index (χ3n) is 10.8. The van der Waals surface area contributed by atoms with Gasteiger partial charge in [0.1, 0.15) is 23.4 Å². The van der Waals surface area contributed by atoms with E-state index in [0.717, 1.165) is 17.3 Å². The largest absolute Gasteiger partial charge is 0.416 e. The summed E-state index contributed by atoms with van der Waals surface area (Å²) >= 11 is 0. The molecule has 0 saturated carbocycles. The molecule has 0 aliphatic carbocycles. The van der Waals surface area contributed by atoms with Gasteiger partial charge in [0.2, 0.25) is 0 Å². The van der Waals surface area contributed by atoms with E-state index in [4.69, 9.17) is 0 Å². The van der Waals surface area contributed by atoms with Crippen LogP contribution in [-0.2, 0) is 69.3 Å². The zero-order valence-corrected chi connectivity index (χ0v) is 35.7. The summed E-state index contributed by atoms with van der Waals surface area (Å²) in [6, 6.07) is 1.27. The molecule has 0 heterocycles. The number of hydrogen-bond acceptors (Lipinski definition) is 1. The Hall–Kier alpha value is -5.37. The third-order valence-corrected chi connectivity index (χ3v) is 13.7. The average Bonchev–Trinajstić information content (AvgIpc) is 3.21. The van der Waals surface area contributed by atoms with Crippen molar-refractivity contribution in [1.29, 1.82) is 0 Å². The van der Waals surface area contributed by atoms with Crippen molar-refractivity contribution in [2.45, 2.75) is 69.0 Å². The van der Waals surface area contributed by atoms with Crippen LogP contribution in [0.4, 0.5) is 105 Å². The minimum atomic E-state index is -6.13. The van der Waals surface area contributed by atoms with Crippen molar-refractivity contribution < 1.29 is 110 Å². The van der Waals surface area contributed by atoms with Crippen molar-refractivity contribution in [2.75, 3.05) is 11.5 Å². The van der Waals surface area contributed by atoms with Crippen LogP contribution >= 0.6 is 0 Å². The van der Waals surface area contributed by atoms with E-state index < -0.39 is 205 Å². The fourth-order valence-electron chi connectivity index (χ4n) is 7.36. The van der Waals surface area contributed by atoms with Crippen LogP contribution in [0.25, 0.3) is 0 Å². The van der Waals surface area contributed by atoms with Crippen LogP contribution in [0.15, 0.2) is 103 Å². The maximum atomic E-state index is 14.2. The van der Waals surface area contributed by atoms with Gasteiger partial charge in [0.05, 0.1) is 54.4 Å². The summed E-state index contributed by atoms with van der Waals surface area (Å²) in [4.78, 5) is 0. The Morgan fingerprint density at radius 1 is 0.329 bits per heavy atom. The summed E-state index contributed by atoms with van der Waals surface area (Å²) in [7, 11) is -1.62. The van der Waals surface area contributed by atoms with E-state index in [2.05, 4.69) is 0 Å². The van der Waals surface area contributed by atoms with Gasteiger partial charge in [-0.15, -0.1) is 4.21 Å². The molecule has 0 saturated heterocycles. The lowest BCUT2D eigenvalue weighted by atomic mass is 9.12. The van der Waals surface area contributed by atoms with Gasteiger partial charge in [0, 0.05) is 5.56 Å². The topological polar surface area (TPSA) is 17.1 Å². The second-order valence-electron chi connectivity index (χ2n) is 15.4. The van der Waals surface area contributed by atoms with Crippen molar-refractivity contribution in [3.05, 3.63) is 153 Å². The predicted octanol–water partition coefficient (Wildman–Crippen LogP) is 13.9. The van der Waals surface area contributed by atoms with Gasteiger partial charge in [0.25, 0.3) is 0 Å². The number of halogens is 24. The van der Waals surface area contributed by atoms with E-state index in [1.54, 1.807) is 0 Å². The zero-order chi connectivity index (χ0) is 53.6. The Labute approximate surface area is 380 Å². The lowest BCUT2D eigenvalue weighted by Crippen LogP contribution is -2.75. The van der Waals surface area contributed by atoms with Crippen molar-refractivity contribution in [3.8, 4) is 0 Å². The molecule has 0 unspecified atom stereocenters. The van der Waals surface area contributed by atoms with E-state index in [-0.39, 0.29) is 0 Å². The van der Waals surface area contributed by atoms with Gasteiger partial charge in [-0.2, -0.15) is 127 Å². The molecule has 1 nitrogen and oxygen atoms in total. The maximum absolute atomic E-state index is 14.2. The summed E-state index contributed by atoms with van der Waals surface area (Å²) in [5.41, 5.74) is -29.0. The highest BCUT2D eigenvalue weighted by molar-refractivity contribution is 8.02. The summed E-state index contributed by atoms with van der Waals surface area (Å²) in [5, 5.41) is 0. The van der Waals surface area contributed by atoms with Crippen LogP contribution in [0.5, 0.6) is 0 Å². The highest BCUT2D eigenvalue weighted by atomic mass is 32.2. The molecule has 384 valence electrons. The van der Waals surface area contributed by atoms with Crippen LogP contribution in [-0.4, -0.2) is 17.7 Å². The van der Waals surface area contributed by atoms with Crippen LogP contribution in [0.3, 0.4) is 0 Å². The van der Waals surface area contributed by atoms with E-state index in [1.807, 2.05) is 44.2 Å². The Kier molecular flexibility index (Phi) is 15.8. The molecule has 0 aliphatic heterocycles. The minimum absolute atomic E-state index is 0.691. The van der Waals surface area contributed by atoms with Crippen LogP contribution in [0.2, 0.25) is 0 Å². The summed E-state index contributed by atoms with van der Waals surface area (Å²) < 4.78 is 353. The summed E-state index contributed by atoms with van der Waals surface area (Å²) in [6.07, 6.45) is -54.8. The molecule has 0 radical (unpaired) electrons. The second-order valence-corrected chi connectivity index (χ2v) is 18.8. The molecule has 0 aromatic heterocycles. The molecule has 70 heavy (non-hydrogen) atoms. The van der Waals surface area contributed by atoms with E-state index in [0.29, 0.717) is 0 Å². The quantitative estimate of drug-likeness (QED) is 0.0860. The Morgan fingerprint density at radius 2 is 0.514 bits per heavy atom. The first-order valence-corrected chi connectivity index (χ1v) is 21.4. The van der Waals surface area contributed by atoms with Gasteiger partial charge in [-0.3, -0.25) is 0 Å². The molecule has 5 rings (SSSR count). The van der Waals surface area contributed by atoms with Crippen molar-refractivity contribution in [3.63, 3.8) is 0 Å². The van der Waals surface area contributed by atoms with Gasteiger partial charge in [0.15, 0.2) is 0 Å². The van der Waals surface area contributed by atoms with Crippen molar-refractivity contribution in [1.82, 2.24) is 0 Å². The normalized spacial score (nSPS) is 13.8. The van der Waals surface area contributed by atoms with E-state index in [1.165, 1.54) is 5.56 Å². The number of alkyl halides is 24. The van der Waals surface area contributed by atoms with Crippen LogP contribution < -0.4 is 21.9 Å². The van der Waals surface area contributed by atoms with Gasteiger partial charge < -0.3 is 0 Å². The smallest absolute Gasteiger partial charge is 0.194 e. The molecule has 0 N–H and O–H groups in total. The predicted molar refractivity (Wildman–Crippen MR) is 209 cm³/mol. The average molecular weight is 1060 g/mol. The minimum Gasteiger partial charge on any atom is -0.194 e. The molecular weight excluding hydrogens is 1030 g/mol. The molecule has 0 amide bonds. The van der Waals surface area contributed by atoms with E-state index in [9.17, 15) is 110 Å². The van der Waals surface area contributed by atoms with Gasteiger partial charge in [-0.1, -0.05) is 78.9 Å². The fourth-order valence-corrected chi connectivity index (χ4v) is 8.97. The first-order valence-electron chi connectivity index (χ1n) is 19.3. The number of rotatable bonds is 8. The van der Waals surface area contributed by atoms with Crippen molar-refractivity contribution in [2.24, 2.45) is 0 Å². The first-order chi connectivity index (χ1) is 31.5. The SMILES string of the molecule is CC[S+](=O)(CC)Cc1ccccc1.FC(F)(F)c1cc([B-](c2cc(C(F)(F)F)cc(C(F)(F)F)c2)(c2cc(C(F)(F)F)cc(C(F)(F)F)c2)c2cc(C(F)(F)F)cc(C(F)(F)F)c2)cc(C(F)(F)F)c1. The summed E-state index contributed by atoms with van der Waals surface area (Å²) in [5.74, 6) is 2.32. The monoisotopic (exact) mass is 1060 g/mol. The molecule has 5 aromatic rings. The Morgan fingerprint density at radius 3 is 0.671 bits per heavy atom. The maximum Gasteiger partial charge on any atom is 0.416 e. The standard InChI is InChI=1S/C32H12BF24.C11H17OS/c34-25(35,36)13-1-14(26(37,38)39)6-21(5-13)33(22-7-15(27(40,41)42)2-16(8-22)28(43,44)45,23-9-17(29(46,47)48)3-18(10-23)30(49,50)51)24-11-19(31(52,53)54)4-20(12-24)32(55,56)57;1-3-13(12,4-2)10-11-8-6-5-7-9-11/h1-12H;5-9H,3-4,10H2,1-2H3/q-1;+1. The fraction of sp³-hybridized carbons (Fsp3) is 0.302. The molecule has 5 aromatic carbocycles. The van der Waals surface area contributed by atoms with Gasteiger partial charge in [-0.05, 0) is 38.1 Å². The highest BCUT2D eigenvalue weighted by Gasteiger charge is 2.47. The van der Waals surface area contributed by atoms with E-state index >= 15 is 0 Å². The molecule has 0 spiro atoms. The molecular formula is C43H29BF24OS. The summed E-state index contributed by atoms with van der Waals surface area (Å²) in [6.45, 7) is 4.02. The zero-order valence-electron chi connectivity index (χ0n) is 34.9. The third kappa shape index (κ3) is 13.3. The van der Waals surface area contributed by atoms with Gasteiger partial charge >= 0.3 is 49.4 Å². The highest BCUT2D eigenvalue weighted by Crippen LogP contribution is 2.41. The molecule has 0 atom stereocenters. The first kappa shape index (κ1) is 57.2. The molecule has 27 heteroatoms. The van der Waals surface area contributed by atoms with Crippen LogP contribution in [0, 0.1) is 0 Å². The lowest BCUT2D eigenvalue weighted by Gasteiger charge is -2.46. The Balaban J connectivity index is 0.000000707. The molecule has 0 aliphatic rings. The van der Waals surface area contributed by atoms with Crippen LogP contribution in [0.1, 0.15) is 63.9 Å². The van der Waals surface area contributed by atoms with Crippen molar-refractivity contribution >= 4 is 37.9 Å². The lowest BCUT2D eigenvalue weighted by molar-refractivity contribution is -0.144. The van der Waals surface area contributed by atoms with Gasteiger partial charge in [-0.25, -0.2) is 0 Å². The molecule has 0 bridgehead atoms. The number of benzene rings is 5. The molecule has 0 fully saturated rings. The number of hydrogen-bond donors (Lipinski definition) is 0.